The summed E-state index contributed by atoms with van der Waals surface area (Å²) in [5.74, 6) is 2.70. The number of nitrogens with one attached hydrogen (secondary N) is 2. The minimum absolute atomic E-state index is 0. The number of hydrogen-bond acceptors (Lipinski definition) is 4. The van der Waals surface area contributed by atoms with E-state index in [1.807, 2.05) is 17.0 Å². The summed E-state index contributed by atoms with van der Waals surface area (Å²) in [5.41, 5.74) is 1.09. The Hall–Kier alpha value is -1.42. The molecule has 2 N–H and O–H groups in total. The number of likely N-dealkylation sites (tertiary alicyclic amines) is 1. The van der Waals surface area contributed by atoms with Gasteiger partial charge in [-0.3, -0.25) is 9.79 Å². The van der Waals surface area contributed by atoms with Gasteiger partial charge in [-0.2, -0.15) is 0 Å². The molecule has 9 heteroatoms. The Morgan fingerprint density at radius 3 is 2.75 bits per heavy atom. The van der Waals surface area contributed by atoms with Crippen LogP contribution in [0.1, 0.15) is 44.1 Å². The van der Waals surface area contributed by atoms with Crippen molar-refractivity contribution in [3.8, 4) is 11.5 Å². The van der Waals surface area contributed by atoms with Crippen molar-refractivity contribution in [1.82, 2.24) is 15.5 Å². The molecule has 2 aliphatic heterocycles. The summed E-state index contributed by atoms with van der Waals surface area (Å²) in [6, 6.07) is 4.16. The van der Waals surface area contributed by atoms with E-state index in [9.17, 15) is 4.79 Å². The van der Waals surface area contributed by atoms with Crippen LogP contribution in [0.25, 0.3) is 0 Å². The zero-order chi connectivity index (χ0) is 21.6. The first-order valence-electron chi connectivity index (χ1n) is 11.5. The molecule has 2 heterocycles. The number of halogens is 2. The van der Waals surface area contributed by atoms with Crippen molar-refractivity contribution in [3.05, 3.63) is 22.7 Å². The minimum Gasteiger partial charge on any atom is -0.486 e. The summed E-state index contributed by atoms with van der Waals surface area (Å²) in [4.78, 5) is 19.2. The van der Waals surface area contributed by atoms with Gasteiger partial charge in [0.15, 0.2) is 17.5 Å². The van der Waals surface area contributed by atoms with E-state index in [4.69, 9.17) is 21.1 Å². The lowest BCUT2D eigenvalue weighted by atomic mass is 9.88. The number of guanidine groups is 1. The quantitative estimate of drug-likeness (QED) is 0.318. The summed E-state index contributed by atoms with van der Waals surface area (Å²) in [5, 5.41) is 7.43. The van der Waals surface area contributed by atoms with Crippen molar-refractivity contribution in [2.45, 2.75) is 51.0 Å². The zero-order valence-corrected chi connectivity index (χ0v) is 21.8. The van der Waals surface area contributed by atoms with E-state index in [-0.39, 0.29) is 35.9 Å². The average molecular weight is 577 g/mol. The Kier molecular flexibility index (Phi) is 9.58. The second kappa shape index (κ2) is 12.2. The molecule has 1 unspecified atom stereocenters. The van der Waals surface area contributed by atoms with Crippen molar-refractivity contribution >= 4 is 47.4 Å². The summed E-state index contributed by atoms with van der Waals surface area (Å²) < 4.78 is 11.2. The van der Waals surface area contributed by atoms with Crippen LogP contribution in [-0.4, -0.2) is 62.7 Å². The molecule has 1 saturated carbocycles. The molecular formula is C23H34ClIN4O3. The highest BCUT2D eigenvalue weighted by Crippen LogP contribution is 2.38. The van der Waals surface area contributed by atoms with Crippen LogP contribution in [0.2, 0.25) is 5.02 Å². The molecule has 0 radical (unpaired) electrons. The first-order valence-corrected chi connectivity index (χ1v) is 11.9. The van der Waals surface area contributed by atoms with Gasteiger partial charge >= 0.3 is 0 Å². The Morgan fingerprint density at radius 2 is 1.97 bits per heavy atom. The molecule has 7 nitrogen and oxygen atoms in total. The van der Waals surface area contributed by atoms with Gasteiger partial charge in [0.1, 0.15) is 13.2 Å². The molecule has 0 bridgehead atoms. The predicted molar refractivity (Wildman–Crippen MR) is 138 cm³/mol. The maximum absolute atomic E-state index is 12.8. The summed E-state index contributed by atoms with van der Waals surface area (Å²) in [6.07, 6.45) is 7.51. The number of benzene rings is 1. The Labute approximate surface area is 212 Å². The smallest absolute Gasteiger partial charge is 0.225 e. The fourth-order valence-corrected chi connectivity index (χ4v) is 5.00. The molecule has 0 aromatic heterocycles. The molecule has 1 amide bonds. The summed E-state index contributed by atoms with van der Waals surface area (Å²) in [6.45, 7) is 3.38. The van der Waals surface area contributed by atoms with Gasteiger partial charge < -0.3 is 25.0 Å². The number of amides is 1. The zero-order valence-electron chi connectivity index (χ0n) is 18.7. The number of fused-ring (bicyclic) bond motifs is 1. The third kappa shape index (κ3) is 6.34. The summed E-state index contributed by atoms with van der Waals surface area (Å²) >= 11 is 6.33. The minimum atomic E-state index is 0. The Balaban J connectivity index is 0.00000289. The number of aliphatic imine (C=N–C) groups is 1. The first-order chi connectivity index (χ1) is 15.1. The van der Waals surface area contributed by atoms with Gasteiger partial charge in [-0.05, 0) is 43.4 Å². The molecule has 4 rings (SSSR count). The summed E-state index contributed by atoms with van der Waals surface area (Å²) in [7, 11) is 1.77. The molecule has 2 fully saturated rings. The molecule has 1 saturated heterocycles. The van der Waals surface area contributed by atoms with E-state index in [1.165, 1.54) is 19.3 Å². The standard InChI is InChI=1S/C23H33ClN4O3.HI/c1-25-23(26-9-7-16-13-19(24)21-20(14-16)30-11-12-31-21)27-18-8-10-28(15-18)22(29)17-5-3-2-4-6-17;/h13-14,17-18H,2-12,15H2,1H3,(H2,25,26,27);1H. The van der Waals surface area contributed by atoms with Gasteiger partial charge in [-0.1, -0.05) is 30.9 Å². The van der Waals surface area contributed by atoms with Crippen molar-refractivity contribution in [1.29, 1.82) is 0 Å². The number of carbonyl (C=O) groups excluding carboxylic acids is 1. The molecule has 1 aromatic rings. The van der Waals surface area contributed by atoms with Gasteiger partial charge in [-0.25, -0.2) is 0 Å². The topological polar surface area (TPSA) is 75.2 Å². The maximum atomic E-state index is 12.8. The van der Waals surface area contributed by atoms with E-state index < -0.39 is 0 Å². The van der Waals surface area contributed by atoms with Crippen molar-refractivity contribution in [2.75, 3.05) is 39.9 Å². The normalized spacial score (nSPS) is 21.1. The molecule has 32 heavy (non-hydrogen) atoms. The van der Waals surface area contributed by atoms with Gasteiger partial charge in [0.2, 0.25) is 5.91 Å². The maximum Gasteiger partial charge on any atom is 0.225 e. The van der Waals surface area contributed by atoms with Crippen LogP contribution in [0.5, 0.6) is 11.5 Å². The van der Waals surface area contributed by atoms with Crippen molar-refractivity contribution < 1.29 is 14.3 Å². The van der Waals surface area contributed by atoms with Crippen LogP contribution >= 0.6 is 35.6 Å². The van der Waals surface area contributed by atoms with Crippen molar-refractivity contribution in [3.63, 3.8) is 0 Å². The lowest BCUT2D eigenvalue weighted by Crippen LogP contribution is -2.46. The van der Waals surface area contributed by atoms with Crippen LogP contribution in [-0.2, 0) is 11.2 Å². The number of carbonyl (C=O) groups is 1. The number of nitrogens with zero attached hydrogens (tertiary/aromatic N) is 2. The molecule has 1 atom stereocenters. The molecule has 3 aliphatic rings. The van der Waals surface area contributed by atoms with E-state index >= 15 is 0 Å². The third-order valence-electron chi connectivity index (χ3n) is 6.38. The molecular weight excluding hydrogens is 543 g/mol. The monoisotopic (exact) mass is 576 g/mol. The highest BCUT2D eigenvalue weighted by Gasteiger charge is 2.31. The second-order valence-corrected chi connectivity index (χ2v) is 9.01. The predicted octanol–water partition coefficient (Wildman–Crippen LogP) is 3.62. The fraction of sp³-hybridized carbons (Fsp3) is 0.652. The Morgan fingerprint density at radius 1 is 1.19 bits per heavy atom. The van der Waals surface area contributed by atoms with Crippen LogP contribution in [0.3, 0.4) is 0 Å². The third-order valence-corrected chi connectivity index (χ3v) is 6.66. The number of hydrogen-bond donors (Lipinski definition) is 2. The lowest BCUT2D eigenvalue weighted by Gasteiger charge is -2.26. The van der Waals surface area contributed by atoms with E-state index in [2.05, 4.69) is 15.6 Å². The highest BCUT2D eigenvalue weighted by molar-refractivity contribution is 14.0. The molecule has 1 aliphatic carbocycles. The van der Waals surface area contributed by atoms with E-state index in [1.54, 1.807) is 7.05 Å². The highest BCUT2D eigenvalue weighted by atomic mass is 127. The van der Waals surface area contributed by atoms with Crippen LogP contribution < -0.4 is 20.1 Å². The molecule has 1 aromatic carbocycles. The number of ether oxygens (including phenoxy) is 2. The molecule has 0 spiro atoms. The van der Waals surface area contributed by atoms with Gasteiger partial charge in [0.05, 0.1) is 5.02 Å². The SMILES string of the molecule is CN=C(NCCc1cc(Cl)c2c(c1)OCCO2)NC1CCN(C(=O)C2CCCCC2)C1.I. The van der Waals surface area contributed by atoms with Gasteiger partial charge in [0.25, 0.3) is 0 Å². The average Bonchev–Trinajstić information content (AvgIpc) is 3.27. The first kappa shape index (κ1) is 25.2. The van der Waals surface area contributed by atoms with E-state index in [0.717, 1.165) is 50.3 Å². The van der Waals surface area contributed by atoms with Crippen LogP contribution in [0, 0.1) is 5.92 Å². The Bertz CT molecular complexity index is 817. The fourth-order valence-electron chi connectivity index (χ4n) is 4.71. The van der Waals surface area contributed by atoms with E-state index in [0.29, 0.717) is 42.2 Å². The second-order valence-electron chi connectivity index (χ2n) is 8.60. The largest absolute Gasteiger partial charge is 0.486 e. The molecule has 178 valence electrons. The van der Waals surface area contributed by atoms with Crippen molar-refractivity contribution in [2.24, 2.45) is 10.9 Å². The lowest BCUT2D eigenvalue weighted by molar-refractivity contribution is -0.135. The van der Waals surface area contributed by atoms with Crippen LogP contribution in [0.15, 0.2) is 17.1 Å². The van der Waals surface area contributed by atoms with Crippen LogP contribution in [0.4, 0.5) is 0 Å². The van der Waals surface area contributed by atoms with Gasteiger partial charge in [-0.15, -0.1) is 24.0 Å². The number of rotatable bonds is 5. The van der Waals surface area contributed by atoms with Gasteiger partial charge in [0, 0.05) is 38.6 Å².